The number of hydrogen-bond donors (Lipinski definition) is 1. The predicted octanol–water partition coefficient (Wildman–Crippen LogP) is -0.413. The molecule has 82 valence electrons. The van der Waals surface area contributed by atoms with E-state index in [-0.39, 0.29) is 12.5 Å². The van der Waals surface area contributed by atoms with Crippen LogP contribution in [0.4, 0.5) is 0 Å². The van der Waals surface area contributed by atoms with Gasteiger partial charge in [0.2, 0.25) is 0 Å². The van der Waals surface area contributed by atoms with Gasteiger partial charge in [0.25, 0.3) is 5.91 Å². The molecule has 0 spiro atoms. The van der Waals surface area contributed by atoms with E-state index < -0.39 is 18.0 Å². The summed E-state index contributed by atoms with van der Waals surface area (Å²) in [5, 5.41) is 9.02. The SMILES string of the molecule is CN(C)C(=O)[C@@H]1OC(C)(C)O[C@@H]1CO. The summed E-state index contributed by atoms with van der Waals surface area (Å²) >= 11 is 0. The lowest BCUT2D eigenvalue weighted by molar-refractivity contribution is -0.160. The highest BCUT2D eigenvalue weighted by atomic mass is 16.8. The Bertz CT molecular complexity index is 227. The minimum Gasteiger partial charge on any atom is -0.394 e. The average Bonchev–Trinajstić information content (AvgIpc) is 2.39. The molecule has 1 amide bonds. The van der Waals surface area contributed by atoms with Crippen molar-refractivity contribution in [1.29, 1.82) is 0 Å². The monoisotopic (exact) mass is 203 g/mol. The van der Waals surface area contributed by atoms with E-state index in [2.05, 4.69) is 0 Å². The molecule has 0 unspecified atom stereocenters. The highest BCUT2D eigenvalue weighted by molar-refractivity contribution is 5.81. The van der Waals surface area contributed by atoms with Crippen LogP contribution >= 0.6 is 0 Å². The van der Waals surface area contributed by atoms with Crippen LogP contribution in [0.5, 0.6) is 0 Å². The van der Waals surface area contributed by atoms with E-state index in [0.29, 0.717) is 0 Å². The zero-order valence-electron chi connectivity index (χ0n) is 8.98. The second-order valence-corrected chi connectivity index (χ2v) is 4.01. The van der Waals surface area contributed by atoms with Gasteiger partial charge in [0.1, 0.15) is 6.10 Å². The molecule has 5 heteroatoms. The van der Waals surface area contributed by atoms with Crippen molar-refractivity contribution in [2.75, 3.05) is 20.7 Å². The first kappa shape index (κ1) is 11.4. The van der Waals surface area contributed by atoms with Crippen LogP contribution in [0.1, 0.15) is 13.8 Å². The van der Waals surface area contributed by atoms with Gasteiger partial charge in [-0.3, -0.25) is 4.79 Å². The Morgan fingerprint density at radius 1 is 1.43 bits per heavy atom. The number of rotatable bonds is 2. The van der Waals surface area contributed by atoms with Crippen molar-refractivity contribution in [3.8, 4) is 0 Å². The summed E-state index contributed by atoms with van der Waals surface area (Å²) in [4.78, 5) is 13.0. The quantitative estimate of drug-likeness (QED) is 0.662. The number of aliphatic hydroxyl groups excluding tert-OH is 1. The fourth-order valence-corrected chi connectivity index (χ4v) is 1.43. The summed E-state index contributed by atoms with van der Waals surface area (Å²) < 4.78 is 10.8. The van der Waals surface area contributed by atoms with Gasteiger partial charge in [-0.25, -0.2) is 0 Å². The summed E-state index contributed by atoms with van der Waals surface area (Å²) in [6.07, 6.45) is -1.27. The number of ether oxygens (including phenoxy) is 2. The number of likely N-dealkylation sites (N-methyl/N-ethyl adjacent to an activating group) is 1. The Morgan fingerprint density at radius 3 is 2.43 bits per heavy atom. The zero-order valence-corrected chi connectivity index (χ0v) is 8.98. The molecule has 1 N–H and O–H groups in total. The van der Waals surface area contributed by atoms with Crippen LogP contribution in [0.2, 0.25) is 0 Å². The number of hydrogen-bond acceptors (Lipinski definition) is 4. The average molecular weight is 203 g/mol. The summed E-state index contributed by atoms with van der Waals surface area (Å²) in [6.45, 7) is 3.23. The summed E-state index contributed by atoms with van der Waals surface area (Å²) in [6, 6.07) is 0. The van der Waals surface area contributed by atoms with Crippen LogP contribution in [0.15, 0.2) is 0 Å². The number of amides is 1. The van der Waals surface area contributed by atoms with Gasteiger partial charge in [-0.05, 0) is 13.8 Å². The Balaban J connectivity index is 2.73. The zero-order chi connectivity index (χ0) is 10.9. The molecule has 0 aromatic rings. The molecule has 14 heavy (non-hydrogen) atoms. The topological polar surface area (TPSA) is 59.0 Å². The van der Waals surface area contributed by atoms with Crippen LogP contribution in [0.3, 0.4) is 0 Å². The van der Waals surface area contributed by atoms with Crippen LogP contribution in [0.25, 0.3) is 0 Å². The highest BCUT2D eigenvalue weighted by Gasteiger charge is 2.45. The van der Waals surface area contributed by atoms with E-state index in [4.69, 9.17) is 14.6 Å². The molecule has 0 radical (unpaired) electrons. The molecular weight excluding hydrogens is 186 g/mol. The van der Waals surface area contributed by atoms with Crippen molar-refractivity contribution in [2.24, 2.45) is 0 Å². The highest BCUT2D eigenvalue weighted by Crippen LogP contribution is 2.28. The number of carbonyl (C=O) groups is 1. The van der Waals surface area contributed by atoms with Gasteiger partial charge in [-0.1, -0.05) is 0 Å². The molecule has 0 aliphatic carbocycles. The molecule has 2 atom stereocenters. The van der Waals surface area contributed by atoms with Gasteiger partial charge in [0.15, 0.2) is 11.9 Å². The van der Waals surface area contributed by atoms with E-state index in [9.17, 15) is 4.79 Å². The van der Waals surface area contributed by atoms with E-state index in [0.717, 1.165) is 0 Å². The largest absolute Gasteiger partial charge is 0.394 e. The van der Waals surface area contributed by atoms with Gasteiger partial charge in [0, 0.05) is 14.1 Å². The molecule has 1 rings (SSSR count). The Hall–Kier alpha value is -0.650. The molecule has 1 aliphatic heterocycles. The van der Waals surface area contributed by atoms with Gasteiger partial charge in [-0.15, -0.1) is 0 Å². The van der Waals surface area contributed by atoms with Gasteiger partial charge in [0.05, 0.1) is 6.61 Å². The third-order valence-electron chi connectivity index (χ3n) is 2.05. The first-order valence-corrected chi connectivity index (χ1v) is 4.55. The Labute approximate surface area is 83.6 Å². The number of aliphatic hydroxyl groups is 1. The van der Waals surface area contributed by atoms with Crippen molar-refractivity contribution in [2.45, 2.75) is 31.8 Å². The third kappa shape index (κ3) is 2.23. The van der Waals surface area contributed by atoms with Crippen LogP contribution in [0, 0.1) is 0 Å². The lowest BCUT2D eigenvalue weighted by Gasteiger charge is -2.19. The van der Waals surface area contributed by atoms with Crippen molar-refractivity contribution in [3.05, 3.63) is 0 Å². The molecular formula is C9H17NO4. The summed E-state index contributed by atoms with van der Waals surface area (Å²) in [7, 11) is 3.29. The van der Waals surface area contributed by atoms with Crippen molar-refractivity contribution < 1.29 is 19.4 Å². The smallest absolute Gasteiger partial charge is 0.254 e. The molecule has 5 nitrogen and oxygen atoms in total. The molecule has 0 bridgehead atoms. The third-order valence-corrected chi connectivity index (χ3v) is 2.05. The van der Waals surface area contributed by atoms with E-state index in [1.807, 2.05) is 0 Å². The lowest BCUT2D eigenvalue weighted by Crippen LogP contribution is -2.41. The second kappa shape index (κ2) is 3.84. The minimum atomic E-state index is -0.802. The molecule has 1 fully saturated rings. The molecule has 1 aliphatic rings. The Kier molecular flexibility index (Phi) is 3.14. The van der Waals surface area contributed by atoms with E-state index >= 15 is 0 Å². The van der Waals surface area contributed by atoms with Crippen molar-refractivity contribution in [3.63, 3.8) is 0 Å². The standard InChI is InChI=1S/C9H17NO4/c1-9(2)13-6(5-11)7(14-9)8(12)10(3)4/h6-7,11H,5H2,1-4H3/t6-,7-/m1/s1. The fraction of sp³-hybridized carbons (Fsp3) is 0.889. The van der Waals surface area contributed by atoms with Gasteiger partial charge < -0.3 is 19.5 Å². The maximum absolute atomic E-state index is 11.6. The normalized spacial score (nSPS) is 30.4. The Morgan fingerprint density at radius 2 is 2.00 bits per heavy atom. The first-order valence-electron chi connectivity index (χ1n) is 4.55. The fourth-order valence-electron chi connectivity index (χ4n) is 1.43. The molecule has 1 saturated heterocycles. The molecule has 0 saturated carbocycles. The van der Waals surface area contributed by atoms with E-state index in [1.54, 1.807) is 27.9 Å². The molecule has 0 aromatic heterocycles. The van der Waals surface area contributed by atoms with Crippen LogP contribution in [-0.2, 0) is 14.3 Å². The van der Waals surface area contributed by atoms with Crippen LogP contribution < -0.4 is 0 Å². The van der Waals surface area contributed by atoms with E-state index in [1.165, 1.54) is 4.90 Å². The number of nitrogens with zero attached hydrogens (tertiary/aromatic N) is 1. The minimum absolute atomic E-state index is 0.186. The first-order chi connectivity index (χ1) is 6.37. The summed E-state index contributed by atoms with van der Waals surface area (Å²) in [5.74, 6) is -0.987. The van der Waals surface area contributed by atoms with Crippen LogP contribution in [-0.4, -0.2) is 54.6 Å². The second-order valence-electron chi connectivity index (χ2n) is 4.01. The van der Waals surface area contributed by atoms with Gasteiger partial charge >= 0.3 is 0 Å². The maximum Gasteiger partial charge on any atom is 0.254 e. The molecule has 1 heterocycles. The van der Waals surface area contributed by atoms with Crippen molar-refractivity contribution in [1.82, 2.24) is 4.90 Å². The summed E-state index contributed by atoms with van der Waals surface area (Å²) in [5.41, 5.74) is 0. The van der Waals surface area contributed by atoms with Gasteiger partial charge in [-0.2, -0.15) is 0 Å². The van der Waals surface area contributed by atoms with Crippen molar-refractivity contribution >= 4 is 5.91 Å². The number of carbonyl (C=O) groups excluding carboxylic acids is 1. The maximum atomic E-state index is 11.6. The molecule has 0 aromatic carbocycles. The lowest BCUT2D eigenvalue weighted by atomic mass is 10.2. The predicted molar refractivity (Wildman–Crippen MR) is 49.6 cm³/mol.